The zero-order valence-electron chi connectivity index (χ0n) is 8.02. The first kappa shape index (κ1) is 10.9. The van der Waals surface area contributed by atoms with Crippen LogP contribution in [0.1, 0.15) is 0 Å². The highest BCUT2D eigenvalue weighted by Gasteiger charge is 2.06. The Morgan fingerprint density at radius 2 is 1.94 bits per heavy atom. The molecular weight excluding hydrogens is 277 g/mol. The number of nitrogens with zero attached hydrogens (tertiary/aromatic N) is 1. The third kappa shape index (κ3) is 2.49. The van der Waals surface area contributed by atoms with Crippen LogP contribution >= 0.6 is 15.9 Å². The van der Waals surface area contributed by atoms with Gasteiger partial charge in [0.15, 0.2) is 5.82 Å². The first-order chi connectivity index (χ1) is 7.65. The molecule has 0 aliphatic rings. The van der Waals surface area contributed by atoms with Crippen molar-refractivity contribution in [3.8, 4) is 17.4 Å². The monoisotopic (exact) mass is 283 g/mol. The van der Waals surface area contributed by atoms with Crippen LogP contribution in [0.5, 0.6) is 17.4 Å². The van der Waals surface area contributed by atoms with Gasteiger partial charge in [0.05, 0.1) is 0 Å². The maximum Gasteiger partial charge on any atom is 0.255 e. The van der Waals surface area contributed by atoms with E-state index in [0.29, 0.717) is 10.2 Å². The SMILES string of the molecule is Oc1ccc(Oc2ncc(Br)cc2F)cc1. The van der Waals surface area contributed by atoms with E-state index in [1.54, 1.807) is 0 Å². The molecule has 1 heterocycles. The van der Waals surface area contributed by atoms with Crippen LogP contribution in [0.2, 0.25) is 0 Å². The minimum Gasteiger partial charge on any atom is -0.508 e. The van der Waals surface area contributed by atoms with E-state index < -0.39 is 5.82 Å². The van der Waals surface area contributed by atoms with Gasteiger partial charge in [-0.1, -0.05) is 0 Å². The van der Waals surface area contributed by atoms with Gasteiger partial charge in [0, 0.05) is 10.7 Å². The van der Waals surface area contributed by atoms with Crippen LogP contribution < -0.4 is 4.74 Å². The molecule has 3 nitrogen and oxygen atoms in total. The molecule has 0 radical (unpaired) electrons. The Morgan fingerprint density at radius 1 is 1.25 bits per heavy atom. The molecule has 16 heavy (non-hydrogen) atoms. The van der Waals surface area contributed by atoms with Crippen LogP contribution in [0, 0.1) is 5.82 Å². The van der Waals surface area contributed by atoms with Crippen molar-refractivity contribution in [3.05, 3.63) is 46.8 Å². The van der Waals surface area contributed by atoms with Crippen molar-refractivity contribution in [1.29, 1.82) is 0 Å². The van der Waals surface area contributed by atoms with Gasteiger partial charge in [0.25, 0.3) is 5.88 Å². The van der Waals surface area contributed by atoms with Gasteiger partial charge in [-0.2, -0.15) is 0 Å². The summed E-state index contributed by atoms with van der Waals surface area (Å²) in [6, 6.07) is 7.22. The molecule has 1 aromatic carbocycles. The molecule has 0 amide bonds. The number of phenols is 1. The molecular formula is C11H7BrFNO2. The molecule has 82 valence electrons. The minimum atomic E-state index is -0.553. The summed E-state index contributed by atoms with van der Waals surface area (Å²) < 4.78 is 19.1. The molecule has 0 bridgehead atoms. The van der Waals surface area contributed by atoms with Gasteiger partial charge in [-0.25, -0.2) is 9.37 Å². The molecule has 0 fully saturated rings. The molecule has 2 rings (SSSR count). The summed E-state index contributed by atoms with van der Waals surface area (Å²) in [5.74, 6) is -0.126. The highest BCUT2D eigenvalue weighted by atomic mass is 79.9. The molecule has 1 N–H and O–H groups in total. The first-order valence-corrected chi connectivity index (χ1v) is 5.22. The highest BCUT2D eigenvalue weighted by Crippen LogP contribution is 2.25. The second-order valence-electron chi connectivity index (χ2n) is 3.04. The third-order valence-corrected chi connectivity index (χ3v) is 2.26. The van der Waals surface area contributed by atoms with Gasteiger partial charge in [0.1, 0.15) is 11.5 Å². The lowest BCUT2D eigenvalue weighted by atomic mass is 10.3. The van der Waals surface area contributed by atoms with E-state index in [1.807, 2.05) is 0 Å². The van der Waals surface area contributed by atoms with Crippen molar-refractivity contribution in [2.75, 3.05) is 0 Å². The number of pyridine rings is 1. The molecule has 0 atom stereocenters. The Morgan fingerprint density at radius 3 is 2.56 bits per heavy atom. The summed E-state index contributed by atoms with van der Waals surface area (Å²) in [5, 5.41) is 9.06. The molecule has 0 saturated heterocycles. The summed E-state index contributed by atoms with van der Waals surface area (Å²) >= 11 is 3.10. The second-order valence-corrected chi connectivity index (χ2v) is 3.95. The van der Waals surface area contributed by atoms with Crippen LogP contribution in [0.25, 0.3) is 0 Å². The van der Waals surface area contributed by atoms with Gasteiger partial charge in [0.2, 0.25) is 0 Å². The van der Waals surface area contributed by atoms with E-state index in [9.17, 15) is 4.39 Å². The quantitative estimate of drug-likeness (QED) is 0.918. The Balaban J connectivity index is 2.23. The zero-order chi connectivity index (χ0) is 11.5. The fraction of sp³-hybridized carbons (Fsp3) is 0. The van der Waals surface area contributed by atoms with Gasteiger partial charge in [-0.05, 0) is 46.3 Å². The van der Waals surface area contributed by atoms with E-state index in [1.165, 1.54) is 36.5 Å². The van der Waals surface area contributed by atoms with Gasteiger partial charge >= 0.3 is 0 Å². The van der Waals surface area contributed by atoms with Crippen molar-refractivity contribution < 1.29 is 14.2 Å². The molecule has 0 spiro atoms. The molecule has 5 heteroatoms. The molecule has 2 aromatic rings. The minimum absolute atomic E-state index is 0.103. The molecule has 0 aliphatic carbocycles. The number of aromatic hydroxyl groups is 1. The Labute approximate surface area is 99.6 Å². The Hall–Kier alpha value is -1.62. The van der Waals surface area contributed by atoms with Crippen molar-refractivity contribution in [2.45, 2.75) is 0 Å². The van der Waals surface area contributed by atoms with Gasteiger partial charge < -0.3 is 9.84 Å². The molecule has 0 aliphatic heterocycles. The van der Waals surface area contributed by atoms with Gasteiger partial charge in [-0.3, -0.25) is 0 Å². The summed E-state index contributed by atoms with van der Waals surface area (Å²) in [5.41, 5.74) is 0. The number of aromatic nitrogens is 1. The lowest BCUT2D eigenvalue weighted by Gasteiger charge is -2.05. The average Bonchev–Trinajstić information content (AvgIpc) is 2.25. The predicted molar refractivity (Wildman–Crippen MR) is 60.1 cm³/mol. The maximum atomic E-state index is 13.3. The smallest absolute Gasteiger partial charge is 0.255 e. The van der Waals surface area contributed by atoms with Gasteiger partial charge in [-0.15, -0.1) is 0 Å². The number of benzene rings is 1. The fourth-order valence-electron chi connectivity index (χ4n) is 1.10. The molecule has 1 aromatic heterocycles. The average molecular weight is 284 g/mol. The maximum absolute atomic E-state index is 13.3. The summed E-state index contributed by atoms with van der Waals surface area (Å²) in [6.45, 7) is 0. The largest absolute Gasteiger partial charge is 0.508 e. The highest BCUT2D eigenvalue weighted by molar-refractivity contribution is 9.10. The Bertz CT molecular complexity index is 502. The van der Waals surface area contributed by atoms with E-state index in [4.69, 9.17) is 9.84 Å². The normalized spacial score (nSPS) is 10.1. The van der Waals surface area contributed by atoms with Crippen LogP contribution in [0.3, 0.4) is 0 Å². The lowest BCUT2D eigenvalue weighted by Crippen LogP contribution is -1.91. The number of phenolic OH excluding ortho intramolecular Hbond substituents is 1. The topological polar surface area (TPSA) is 42.4 Å². The number of rotatable bonds is 2. The second kappa shape index (κ2) is 4.49. The number of hydrogen-bond donors (Lipinski definition) is 1. The fourth-order valence-corrected chi connectivity index (χ4v) is 1.41. The standard InChI is InChI=1S/C11H7BrFNO2/c12-7-5-10(13)11(14-6-7)16-9-3-1-8(15)2-4-9/h1-6,15H. The van der Waals surface area contributed by atoms with Crippen LogP contribution in [-0.4, -0.2) is 10.1 Å². The van der Waals surface area contributed by atoms with Crippen LogP contribution in [0.4, 0.5) is 4.39 Å². The lowest BCUT2D eigenvalue weighted by molar-refractivity contribution is 0.420. The van der Waals surface area contributed by atoms with Crippen LogP contribution in [-0.2, 0) is 0 Å². The predicted octanol–water partition coefficient (Wildman–Crippen LogP) is 3.48. The van der Waals surface area contributed by atoms with Crippen molar-refractivity contribution in [2.24, 2.45) is 0 Å². The number of ether oxygens (including phenoxy) is 1. The van der Waals surface area contributed by atoms with E-state index in [-0.39, 0.29) is 11.6 Å². The summed E-state index contributed by atoms with van der Waals surface area (Å²) in [4.78, 5) is 3.79. The Kier molecular flexibility index (Phi) is 3.05. The zero-order valence-corrected chi connectivity index (χ0v) is 9.61. The number of halogens is 2. The first-order valence-electron chi connectivity index (χ1n) is 4.43. The van der Waals surface area contributed by atoms with E-state index in [0.717, 1.165) is 0 Å². The summed E-state index contributed by atoms with van der Waals surface area (Å²) in [7, 11) is 0. The number of hydrogen-bond acceptors (Lipinski definition) is 3. The van der Waals surface area contributed by atoms with E-state index in [2.05, 4.69) is 20.9 Å². The van der Waals surface area contributed by atoms with Crippen molar-refractivity contribution >= 4 is 15.9 Å². The van der Waals surface area contributed by atoms with Crippen molar-refractivity contribution in [1.82, 2.24) is 4.98 Å². The van der Waals surface area contributed by atoms with Crippen LogP contribution in [0.15, 0.2) is 41.0 Å². The molecule has 0 unspecified atom stereocenters. The van der Waals surface area contributed by atoms with Crippen molar-refractivity contribution in [3.63, 3.8) is 0 Å². The third-order valence-electron chi connectivity index (χ3n) is 1.83. The van der Waals surface area contributed by atoms with E-state index >= 15 is 0 Å². The molecule has 0 saturated carbocycles. The summed E-state index contributed by atoms with van der Waals surface area (Å²) in [6.07, 6.45) is 1.44.